The summed E-state index contributed by atoms with van der Waals surface area (Å²) < 4.78 is 65.8. The molecule has 0 saturated carbocycles. The van der Waals surface area contributed by atoms with E-state index in [1.165, 1.54) is 0 Å². The van der Waals surface area contributed by atoms with Crippen molar-refractivity contribution in [2.45, 2.75) is 6.54 Å². The Kier molecular flexibility index (Phi) is 4.34. The highest BCUT2D eigenvalue weighted by Gasteiger charge is 2.25. The molecule has 0 unspecified atom stereocenters. The van der Waals surface area contributed by atoms with Crippen molar-refractivity contribution in [3.8, 4) is 5.75 Å². The highest BCUT2D eigenvalue weighted by molar-refractivity contribution is 5.50. The lowest BCUT2D eigenvalue weighted by atomic mass is 10.1. The molecule has 0 spiro atoms. The number of rotatable bonds is 4. The van der Waals surface area contributed by atoms with Gasteiger partial charge in [0.15, 0.2) is 23.3 Å². The Morgan fingerprint density at radius 2 is 1.48 bits per heavy atom. The topological polar surface area (TPSA) is 78.2 Å². The van der Waals surface area contributed by atoms with Crippen molar-refractivity contribution < 1.29 is 32.0 Å². The number of hydrogen-bond acceptors (Lipinski definition) is 4. The molecule has 0 bridgehead atoms. The average molecular weight is 333 g/mol. The van der Waals surface area contributed by atoms with Gasteiger partial charge in [0.2, 0.25) is 5.82 Å². The molecular weight excluding hydrogens is 327 g/mol. The van der Waals surface area contributed by atoms with Gasteiger partial charge in [0.25, 0.3) is 5.69 Å². The Labute approximate surface area is 125 Å². The van der Waals surface area contributed by atoms with Gasteiger partial charge in [-0.1, -0.05) is 6.07 Å². The summed E-state index contributed by atoms with van der Waals surface area (Å²) in [5.74, 6) is -11.5. The number of non-ortho nitro benzene ring substituents is 1. The van der Waals surface area contributed by atoms with Gasteiger partial charge < -0.3 is 10.4 Å². The Balaban J connectivity index is 2.36. The van der Waals surface area contributed by atoms with E-state index in [-0.39, 0.29) is 5.56 Å². The average Bonchev–Trinajstić information content (AvgIpc) is 2.52. The number of nitrogens with one attached hydrogen (secondary N) is 1. The Morgan fingerprint density at radius 1 is 0.957 bits per heavy atom. The molecule has 0 saturated heterocycles. The van der Waals surface area contributed by atoms with Crippen molar-refractivity contribution in [3.05, 3.63) is 63.0 Å². The van der Waals surface area contributed by atoms with Crippen LogP contribution in [0.1, 0.15) is 5.56 Å². The van der Waals surface area contributed by atoms with Crippen LogP contribution in [0.4, 0.5) is 33.3 Å². The molecule has 10 heteroatoms. The third kappa shape index (κ3) is 3.00. The van der Waals surface area contributed by atoms with Crippen molar-refractivity contribution in [2.75, 3.05) is 5.32 Å². The largest absolute Gasteiger partial charge is 0.872 e. The minimum atomic E-state index is -2.31. The van der Waals surface area contributed by atoms with Gasteiger partial charge in [-0.3, -0.25) is 10.1 Å². The Bertz CT molecular complexity index is 769. The molecule has 0 aliphatic heterocycles. The number of benzene rings is 2. The van der Waals surface area contributed by atoms with Crippen molar-refractivity contribution >= 4 is 11.4 Å². The maximum absolute atomic E-state index is 13.4. The molecule has 0 heterocycles. The molecule has 5 nitrogen and oxygen atoms in total. The van der Waals surface area contributed by atoms with Crippen LogP contribution in [0.2, 0.25) is 0 Å². The van der Waals surface area contributed by atoms with E-state index in [2.05, 4.69) is 0 Å². The fourth-order valence-corrected chi connectivity index (χ4v) is 1.76. The summed E-state index contributed by atoms with van der Waals surface area (Å²) in [6, 6.07) is 2.61. The van der Waals surface area contributed by atoms with Gasteiger partial charge in [-0.25, -0.2) is 22.0 Å². The predicted octanol–water partition coefficient (Wildman–Crippen LogP) is 2.98. The van der Waals surface area contributed by atoms with Gasteiger partial charge in [0.05, 0.1) is 4.92 Å². The molecule has 0 atom stereocenters. The molecule has 23 heavy (non-hydrogen) atoms. The van der Waals surface area contributed by atoms with E-state index < -0.39 is 57.7 Å². The van der Waals surface area contributed by atoms with Crippen LogP contribution in [0.25, 0.3) is 0 Å². The van der Waals surface area contributed by atoms with E-state index in [0.717, 1.165) is 18.2 Å². The molecule has 0 aromatic heterocycles. The van der Waals surface area contributed by atoms with Gasteiger partial charge in [-0.2, -0.15) is 0 Å². The van der Waals surface area contributed by atoms with E-state index in [1.54, 1.807) is 0 Å². The third-order valence-corrected chi connectivity index (χ3v) is 2.92. The fraction of sp³-hybridized carbons (Fsp3) is 0.0769. The zero-order valence-electron chi connectivity index (χ0n) is 11.0. The second-order valence-electron chi connectivity index (χ2n) is 4.35. The molecule has 0 fully saturated rings. The van der Waals surface area contributed by atoms with Gasteiger partial charge in [0, 0.05) is 18.7 Å². The first-order chi connectivity index (χ1) is 10.7. The summed E-state index contributed by atoms with van der Waals surface area (Å²) >= 11 is 0. The van der Waals surface area contributed by atoms with Crippen LogP contribution < -0.4 is 10.4 Å². The summed E-state index contributed by atoms with van der Waals surface area (Å²) in [5, 5.41) is 24.0. The van der Waals surface area contributed by atoms with Gasteiger partial charge >= 0.3 is 0 Å². The summed E-state index contributed by atoms with van der Waals surface area (Å²) in [6.07, 6.45) is 0. The highest BCUT2D eigenvalue weighted by atomic mass is 19.2. The lowest BCUT2D eigenvalue weighted by Gasteiger charge is -2.15. The second-order valence-corrected chi connectivity index (χ2v) is 4.35. The smallest absolute Gasteiger partial charge is 0.269 e. The normalized spacial score (nSPS) is 10.7. The standard InChI is InChI=1S/C13H7F5N2O3/c14-8-9(15)11(17)13(12(18)10(8)16)19-4-5-3-6(20(22)23)1-2-7(5)21/h1-3,19,21H,4H2/p-1. The molecule has 2 aromatic rings. The van der Waals surface area contributed by atoms with E-state index >= 15 is 0 Å². The molecule has 0 radical (unpaired) electrons. The van der Waals surface area contributed by atoms with Crippen molar-refractivity contribution in [3.63, 3.8) is 0 Å². The highest BCUT2D eigenvalue weighted by Crippen LogP contribution is 2.28. The SMILES string of the molecule is O=[N+]([O-])c1ccc([O-])c(CNc2c(F)c(F)c(F)c(F)c2F)c1. The maximum atomic E-state index is 13.4. The van der Waals surface area contributed by atoms with E-state index in [1.807, 2.05) is 5.32 Å². The zero-order valence-corrected chi connectivity index (χ0v) is 11.0. The lowest BCUT2D eigenvalue weighted by Crippen LogP contribution is -2.11. The lowest BCUT2D eigenvalue weighted by molar-refractivity contribution is -0.385. The summed E-state index contributed by atoms with van der Waals surface area (Å²) in [4.78, 5) is 9.79. The van der Waals surface area contributed by atoms with Crippen molar-refractivity contribution in [2.24, 2.45) is 0 Å². The minimum Gasteiger partial charge on any atom is -0.872 e. The quantitative estimate of drug-likeness (QED) is 0.307. The molecule has 122 valence electrons. The number of anilines is 1. The molecule has 0 aliphatic carbocycles. The van der Waals surface area contributed by atoms with Crippen LogP contribution in [0, 0.1) is 39.2 Å². The molecular formula is C13H6F5N2O3-. The van der Waals surface area contributed by atoms with Crippen LogP contribution in [0.5, 0.6) is 5.75 Å². The molecule has 0 amide bonds. The van der Waals surface area contributed by atoms with Crippen molar-refractivity contribution in [1.82, 2.24) is 0 Å². The van der Waals surface area contributed by atoms with Crippen LogP contribution in [0.15, 0.2) is 18.2 Å². The zero-order chi connectivity index (χ0) is 17.3. The van der Waals surface area contributed by atoms with Crippen LogP contribution >= 0.6 is 0 Å². The first-order valence-corrected chi connectivity index (χ1v) is 5.93. The number of nitro groups is 1. The minimum absolute atomic E-state index is 0.275. The van der Waals surface area contributed by atoms with E-state index in [9.17, 15) is 37.2 Å². The summed E-state index contributed by atoms with van der Waals surface area (Å²) in [6.45, 7) is -0.668. The first-order valence-electron chi connectivity index (χ1n) is 5.93. The first kappa shape index (κ1) is 16.5. The second kappa shape index (κ2) is 6.07. The molecule has 1 N–H and O–H groups in total. The van der Waals surface area contributed by atoms with E-state index in [0.29, 0.717) is 0 Å². The van der Waals surface area contributed by atoms with Crippen LogP contribution in [-0.2, 0) is 6.54 Å². The van der Waals surface area contributed by atoms with Crippen molar-refractivity contribution in [1.29, 1.82) is 0 Å². The number of hydrogen-bond donors (Lipinski definition) is 1. The summed E-state index contributed by atoms with van der Waals surface area (Å²) in [5.41, 5.74) is -2.06. The summed E-state index contributed by atoms with van der Waals surface area (Å²) in [7, 11) is 0. The maximum Gasteiger partial charge on any atom is 0.269 e. The molecule has 2 aromatic carbocycles. The van der Waals surface area contributed by atoms with Gasteiger partial charge in [-0.15, -0.1) is 5.75 Å². The Morgan fingerprint density at radius 3 is 2.00 bits per heavy atom. The van der Waals surface area contributed by atoms with Gasteiger partial charge in [0.1, 0.15) is 5.69 Å². The third-order valence-electron chi connectivity index (χ3n) is 2.92. The Hall–Kier alpha value is -2.91. The van der Waals surface area contributed by atoms with Gasteiger partial charge in [-0.05, 0) is 5.56 Å². The predicted molar refractivity (Wildman–Crippen MR) is 66.1 cm³/mol. The molecule has 0 aliphatic rings. The monoisotopic (exact) mass is 333 g/mol. The number of nitrogens with zero attached hydrogens (tertiary/aromatic N) is 1. The molecule has 2 rings (SSSR count). The number of halogens is 5. The van der Waals surface area contributed by atoms with E-state index in [4.69, 9.17) is 0 Å². The van der Waals surface area contributed by atoms with Crippen LogP contribution in [-0.4, -0.2) is 4.92 Å². The van der Waals surface area contributed by atoms with Crippen LogP contribution in [0.3, 0.4) is 0 Å². The fourth-order valence-electron chi connectivity index (χ4n) is 1.76. The number of nitro benzene ring substituents is 1.